The number of imide groups is 1. The molecule has 1 aliphatic rings. The van der Waals surface area contributed by atoms with Gasteiger partial charge in [0, 0.05) is 19.3 Å². The number of nitrogens with one attached hydrogen (secondary N) is 1. The van der Waals surface area contributed by atoms with Crippen LogP contribution in [0.2, 0.25) is 0 Å². The third-order valence-corrected chi connectivity index (χ3v) is 5.68. The fraction of sp³-hybridized carbons (Fsp3) is 0.368. The molecule has 1 N–H and O–H groups in total. The van der Waals surface area contributed by atoms with Gasteiger partial charge in [-0.05, 0) is 38.5 Å². The predicted octanol–water partition coefficient (Wildman–Crippen LogP) is 2.80. The Hall–Kier alpha value is -2.94. The molecule has 3 rings (SSSR count). The van der Waals surface area contributed by atoms with Crippen molar-refractivity contribution in [2.75, 3.05) is 25.1 Å². The van der Waals surface area contributed by atoms with Crippen molar-refractivity contribution in [3.8, 4) is 5.75 Å². The fourth-order valence-electron chi connectivity index (χ4n) is 2.94. The van der Waals surface area contributed by atoms with Crippen molar-refractivity contribution in [1.29, 1.82) is 0 Å². The number of hydrogen-bond donors (Lipinski definition) is 1. The van der Waals surface area contributed by atoms with Crippen LogP contribution in [0.5, 0.6) is 5.75 Å². The van der Waals surface area contributed by atoms with Crippen LogP contribution in [0.3, 0.4) is 0 Å². The molecular formula is C19H23N5O3S. The van der Waals surface area contributed by atoms with Crippen molar-refractivity contribution < 1.29 is 14.3 Å². The highest BCUT2D eigenvalue weighted by atomic mass is 32.1. The van der Waals surface area contributed by atoms with Gasteiger partial charge in [0.1, 0.15) is 11.3 Å². The third-order valence-electron chi connectivity index (χ3n) is 4.68. The van der Waals surface area contributed by atoms with E-state index < -0.39 is 17.5 Å². The highest BCUT2D eigenvalue weighted by Crippen LogP contribution is 2.30. The van der Waals surface area contributed by atoms with E-state index in [0.29, 0.717) is 11.3 Å². The third kappa shape index (κ3) is 3.57. The van der Waals surface area contributed by atoms with Gasteiger partial charge < -0.3 is 15.0 Å². The summed E-state index contributed by atoms with van der Waals surface area (Å²) in [6, 6.07) is 6.44. The van der Waals surface area contributed by atoms with Crippen LogP contribution < -0.4 is 15.0 Å². The summed E-state index contributed by atoms with van der Waals surface area (Å²) in [6.45, 7) is 7.50. The SMILES string of the molecule is CCN(CC)c1ncc(/C=N\N2C(=O)N[C@](C)(c3ccc(OC)cc3)C2=O)s1. The van der Waals surface area contributed by atoms with Gasteiger partial charge in [0.05, 0.1) is 18.2 Å². The van der Waals surface area contributed by atoms with E-state index in [0.717, 1.165) is 28.1 Å². The summed E-state index contributed by atoms with van der Waals surface area (Å²) in [4.78, 5) is 32.5. The largest absolute Gasteiger partial charge is 0.497 e. The Morgan fingerprint density at radius 3 is 2.57 bits per heavy atom. The predicted molar refractivity (Wildman–Crippen MR) is 109 cm³/mol. The first kappa shape index (κ1) is 19.8. The molecule has 0 bridgehead atoms. The maximum atomic E-state index is 12.9. The van der Waals surface area contributed by atoms with Crippen LogP contribution in [-0.2, 0) is 10.3 Å². The maximum absolute atomic E-state index is 12.9. The van der Waals surface area contributed by atoms with Gasteiger partial charge in [0.2, 0.25) is 0 Å². The Bertz CT molecular complexity index is 891. The number of benzene rings is 1. The molecule has 9 heteroatoms. The molecule has 1 aliphatic heterocycles. The van der Waals surface area contributed by atoms with Crippen LogP contribution in [0.4, 0.5) is 9.93 Å². The second-order valence-electron chi connectivity index (χ2n) is 6.36. The second kappa shape index (κ2) is 7.97. The smallest absolute Gasteiger partial charge is 0.346 e. The van der Waals surface area contributed by atoms with Crippen molar-refractivity contribution in [2.45, 2.75) is 26.3 Å². The maximum Gasteiger partial charge on any atom is 0.346 e. The van der Waals surface area contributed by atoms with Crippen LogP contribution in [0.15, 0.2) is 35.6 Å². The lowest BCUT2D eigenvalue weighted by atomic mass is 9.92. The van der Waals surface area contributed by atoms with Crippen molar-refractivity contribution >= 4 is 34.6 Å². The first-order valence-corrected chi connectivity index (χ1v) is 9.80. The molecule has 0 unspecified atom stereocenters. The number of nitrogens with zero attached hydrogens (tertiary/aromatic N) is 4. The van der Waals surface area contributed by atoms with Crippen LogP contribution in [0.25, 0.3) is 0 Å². The molecule has 0 saturated carbocycles. The van der Waals surface area contributed by atoms with Gasteiger partial charge in [-0.1, -0.05) is 23.5 Å². The molecule has 1 saturated heterocycles. The fourth-order valence-corrected chi connectivity index (χ4v) is 3.85. The molecular weight excluding hydrogens is 378 g/mol. The Morgan fingerprint density at radius 1 is 1.29 bits per heavy atom. The monoisotopic (exact) mass is 401 g/mol. The first-order chi connectivity index (χ1) is 13.4. The van der Waals surface area contributed by atoms with Gasteiger partial charge in [0.25, 0.3) is 5.91 Å². The minimum atomic E-state index is -1.18. The highest BCUT2D eigenvalue weighted by molar-refractivity contribution is 7.17. The molecule has 2 heterocycles. The number of anilines is 1. The lowest BCUT2D eigenvalue weighted by molar-refractivity contribution is -0.131. The summed E-state index contributed by atoms with van der Waals surface area (Å²) in [5.74, 6) is 0.237. The van der Waals surface area contributed by atoms with E-state index in [9.17, 15) is 9.59 Å². The van der Waals surface area contributed by atoms with Gasteiger partial charge >= 0.3 is 6.03 Å². The van der Waals surface area contributed by atoms with E-state index in [1.165, 1.54) is 17.6 Å². The quantitative estimate of drug-likeness (QED) is 0.569. The number of carbonyl (C=O) groups is 2. The number of thiazole rings is 1. The van der Waals surface area contributed by atoms with Gasteiger partial charge in [-0.15, -0.1) is 5.01 Å². The minimum absolute atomic E-state index is 0.438. The molecule has 1 fully saturated rings. The number of methoxy groups -OCH3 is 1. The molecule has 0 aliphatic carbocycles. The van der Waals surface area contributed by atoms with Crippen LogP contribution in [-0.4, -0.2) is 48.3 Å². The van der Waals surface area contributed by atoms with E-state index >= 15 is 0 Å². The number of ether oxygens (including phenoxy) is 1. The molecule has 8 nitrogen and oxygen atoms in total. The summed E-state index contributed by atoms with van der Waals surface area (Å²) in [5.41, 5.74) is -0.521. The molecule has 0 spiro atoms. The summed E-state index contributed by atoms with van der Waals surface area (Å²) in [7, 11) is 1.57. The zero-order valence-corrected chi connectivity index (χ0v) is 17.1. The highest BCUT2D eigenvalue weighted by Gasteiger charge is 2.49. The van der Waals surface area contributed by atoms with Crippen LogP contribution in [0, 0.1) is 0 Å². The lowest BCUT2D eigenvalue weighted by Gasteiger charge is -2.21. The molecule has 148 valence electrons. The van der Waals surface area contributed by atoms with E-state index in [4.69, 9.17) is 4.74 Å². The first-order valence-electron chi connectivity index (χ1n) is 8.99. The molecule has 28 heavy (non-hydrogen) atoms. The second-order valence-corrected chi connectivity index (χ2v) is 7.40. The number of hydrazone groups is 1. The molecule has 1 aromatic heterocycles. The molecule has 2 aromatic rings. The van der Waals surface area contributed by atoms with Crippen LogP contribution >= 0.6 is 11.3 Å². The van der Waals surface area contributed by atoms with E-state index in [1.807, 2.05) is 0 Å². The summed E-state index contributed by atoms with van der Waals surface area (Å²) < 4.78 is 5.14. The Labute approximate surface area is 167 Å². The number of rotatable bonds is 7. The standard InChI is InChI=1S/C19H23N5O3S/c1-5-23(6-2)18-20-11-15(28-18)12-21-24-16(25)19(3,22-17(24)26)13-7-9-14(27-4)10-8-13/h7-12H,5-6H2,1-4H3,(H,22,26)/b21-12-/t19-/m1/s1. The van der Waals surface area contributed by atoms with E-state index in [-0.39, 0.29) is 0 Å². The number of amides is 3. The molecule has 1 atom stereocenters. The average Bonchev–Trinajstić information content (AvgIpc) is 3.25. The van der Waals surface area contributed by atoms with Crippen molar-refractivity contribution in [3.05, 3.63) is 40.9 Å². The number of hydrogen-bond acceptors (Lipinski definition) is 7. The summed E-state index contributed by atoms with van der Waals surface area (Å²) in [5, 5.41) is 8.58. The van der Waals surface area contributed by atoms with Crippen molar-refractivity contribution in [2.24, 2.45) is 5.10 Å². The lowest BCUT2D eigenvalue weighted by Crippen LogP contribution is -2.40. The zero-order valence-electron chi connectivity index (χ0n) is 16.3. The number of carbonyl (C=O) groups excluding carboxylic acids is 2. The van der Waals surface area contributed by atoms with Crippen molar-refractivity contribution in [1.82, 2.24) is 15.3 Å². The number of urea groups is 1. The average molecular weight is 401 g/mol. The summed E-state index contributed by atoms with van der Waals surface area (Å²) >= 11 is 1.46. The normalized spacial score (nSPS) is 19.4. The van der Waals surface area contributed by atoms with Crippen LogP contribution in [0.1, 0.15) is 31.2 Å². The van der Waals surface area contributed by atoms with Gasteiger partial charge in [-0.3, -0.25) is 4.79 Å². The molecule has 0 radical (unpaired) electrons. The van der Waals surface area contributed by atoms with Gasteiger partial charge in [-0.25, -0.2) is 9.78 Å². The van der Waals surface area contributed by atoms with Gasteiger partial charge in [-0.2, -0.15) is 5.10 Å². The summed E-state index contributed by atoms with van der Waals surface area (Å²) in [6.07, 6.45) is 3.17. The molecule has 3 amide bonds. The van der Waals surface area contributed by atoms with E-state index in [1.54, 1.807) is 44.5 Å². The van der Waals surface area contributed by atoms with Gasteiger partial charge in [0.15, 0.2) is 5.13 Å². The van der Waals surface area contributed by atoms with Crippen molar-refractivity contribution in [3.63, 3.8) is 0 Å². The number of aromatic nitrogens is 1. The Morgan fingerprint density at radius 2 is 1.96 bits per heavy atom. The van der Waals surface area contributed by atoms with E-state index in [2.05, 4.69) is 34.1 Å². The minimum Gasteiger partial charge on any atom is -0.497 e. The molecule has 1 aromatic carbocycles. The Kier molecular flexibility index (Phi) is 5.64. The zero-order chi connectivity index (χ0) is 20.3. The Balaban J connectivity index is 1.79. The topological polar surface area (TPSA) is 87.1 Å².